The summed E-state index contributed by atoms with van der Waals surface area (Å²) < 4.78 is 31.6. The van der Waals surface area contributed by atoms with E-state index in [0.717, 1.165) is 5.06 Å². The Bertz CT molecular complexity index is 431. The summed E-state index contributed by atoms with van der Waals surface area (Å²) in [5.41, 5.74) is -1.42. The van der Waals surface area contributed by atoms with Crippen molar-refractivity contribution in [2.24, 2.45) is 0 Å². The lowest BCUT2D eigenvalue weighted by atomic mass is 9.80. The molecule has 1 aliphatic heterocycles. The van der Waals surface area contributed by atoms with E-state index in [1.54, 1.807) is 33.8 Å². The molecule has 0 bridgehead atoms. The quantitative estimate of drug-likeness (QED) is 0.724. The standard InChI is InChI=1S/C11H18NO5S/c1-6-16-18(14,15)17-9-7-10(2,3)12(13)11(4,5)8-9/h1,9H,7-8H2,2-5H3. The number of nitrogens with zero attached hydrogens (tertiary/aromatic N) is 1. The van der Waals surface area contributed by atoms with Gasteiger partial charge in [-0.15, -0.1) is 10.3 Å². The zero-order valence-corrected chi connectivity index (χ0v) is 11.8. The van der Waals surface area contributed by atoms with Gasteiger partial charge >= 0.3 is 10.4 Å². The Morgan fingerprint density at radius 1 is 1.22 bits per heavy atom. The maximum absolute atomic E-state index is 12.1. The number of hydrogen-bond acceptors (Lipinski definition) is 5. The van der Waals surface area contributed by atoms with Gasteiger partial charge in [-0.2, -0.15) is 8.42 Å². The molecule has 0 amide bonds. The first kappa shape index (κ1) is 15.2. The van der Waals surface area contributed by atoms with Gasteiger partial charge in [-0.1, -0.05) is 6.42 Å². The van der Waals surface area contributed by atoms with Gasteiger partial charge in [0, 0.05) is 11.1 Å². The van der Waals surface area contributed by atoms with Gasteiger partial charge in [0.1, 0.15) is 6.11 Å². The minimum absolute atomic E-state index is 0.285. The van der Waals surface area contributed by atoms with E-state index in [4.69, 9.17) is 10.6 Å². The second kappa shape index (κ2) is 4.70. The molecule has 103 valence electrons. The molecule has 6 nitrogen and oxygen atoms in total. The molecular formula is C11H18NO5S. The van der Waals surface area contributed by atoms with Crippen LogP contribution in [0.4, 0.5) is 0 Å². The number of rotatable bonds is 3. The summed E-state index contributed by atoms with van der Waals surface area (Å²) in [6.07, 6.45) is 6.26. The highest BCUT2D eigenvalue weighted by atomic mass is 32.3. The van der Waals surface area contributed by atoms with Crippen LogP contribution in [0, 0.1) is 12.5 Å². The normalized spacial score (nSPS) is 24.4. The van der Waals surface area contributed by atoms with Crippen LogP contribution in [-0.2, 0) is 24.0 Å². The van der Waals surface area contributed by atoms with Gasteiger partial charge in [0.05, 0.1) is 6.10 Å². The molecular weight excluding hydrogens is 258 g/mol. The highest BCUT2D eigenvalue weighted by Gasteiger charge is 2.47. The number of terminal acetylenes is 1. The highest BCUT2D eigenvalue weighted by molar-refractivity contribution is 7.82. The molecule has 0 aromatic rings. The molecule has 0 unspecified atom stereocenters. The van der Waals surface area contributed by atoms with Crippen molar-refractivity contribution >= 4 is 10.4 Å². The second-order valence-electron chi connectivity index (χ2n) is 5.66. The first-order valence-electron chi connectivity index (χ1n) is 5.55. The molecule has 0 aliphatic carbocycles. The summed E-state index contributed by atoms with van der Waals surface area (Å²) in [4.78, 5) is 0. The predicted molar refractivity (Wildman–Crippen MR) is 63.6 cm³/mol. The van der Waals surface area contributed by atoms with Gasteiger partial charge < -0.3 is 4.18 Å². The molecule has 1 saturated heterocycles. The minimum Gasteiger partial charge on any atom is -0.307 e. The van der Waals surface area contributed by atoms with E-state index in [9.17, 15) is 13.6 Å². The minimum atomic E-state index is -4.21. The summed E-state index contributed by atoms with van der Waals surface area (Å²) in [7, 11) is -4.21. The topological polar surface area (TPSA) is 75.7 Å². The average Bonchev–Trinajstić information content (AvgIpc) is 2.11. The van der Waals surface area contributed by atoms with Crippen molar-refractivity contribution < 1.29 is 22.0 Å². The van der Waals surface area contributed by atoms with Crippen molar-refractivity contribution in [1.29, 1.82) is 0 Å². The Hall–Kier alpha value is -0.810. The lowest BCUT2D eigenvalue weighted by Gasteiger charge is -2.49. The number of piperidine rings is 1. The molecule has 0 saturated carbocycles. The lowest BCUT2D eigenvalue weighted by Crippen LogP contribution is -2.60. The number of hydroxylamine groups is 2. The van der Waals surface area contributed by atoms with Gasteiger partial charge in [0.2, 0.25) is 0 Å². The van der Waals surface area contributed by atoms with Gasteiger partial charge in [0.15, 0.2) is 0 Å². The molecule has 0 spiro atoms. The molecule has 7 heteroatoms. The number of hydrogen-bond donors (Lipinski definition) is 0. The average molecular weight is 276 g/mol. The van der Waals surface area contributed by atoms with E-state index >= 15 is 0 Å². The van der Waals surface area contributed by atoms with Crippen molar-refractivity contribution in [1.82, 2.24) is 5.06 Å². The summed E-state index contributed by atoms with van der Waals surface area (Å²) in [5, 5.41) is 13.0. The first-order valence-corrected chi connectivity index (χ1v) is 6.88. The van der Waals surface area contributed by atoms with Crippen molar-refractivity contribution in [3.63, 3.8) is 0 Å². The van der Waals surface area contributed by atoms with Gasteiger partial charge in [-0.05, 0) is 40.5 Å². The first-order chi connectivity index (χ1) is 8.00. The zero-order valence-electron chi connectivity index (χ0n) is 11.0. The van der Waals surface area contributed by atoms with Crippen LogP contribution >= 0.6 is 0 Å². The molecule has 0 N–H and O–H groups in total. The maximum Gasteiger partial charge on any atom is 0.457 e. The van der Waals surface area contributed by atoms with Crippen LogP contribution < -0.4 is 0 Å². The van der Waals surface area contributed by atoms with Crippen LogP contribution in [0.25, 0.3) is 0 Å². The fraction of sp³-hybridized carbons (Fsp3) is 0.818. The molecule has 0 atom stereocenters. The Morgan fingerprint density at radius 2 is 1.67 bits per heavy atom. The molecule has 1 heterocycles. The van der Waals surface area contributed by atoms with Crippen molar-refractivity contribution in [2.75, 3.05) is 0 Å². The third-order valence-corrected chi connectivity index (χ3v) is 3.77. The summed E-state index contributed by atoms with van der Waals surface area (Å²) in [6, 6.07) is 0. The van der Waals surface area contributed by atoms with Crippen molar-refractivity contribution in [3.8, 4) is 12.5 Å². The Balaban J connectivity index is 2.86. The molecule has 0 aromatic heterocycles. The van der Waals surface area contributed by atoms with Crippen LogP contribution in [0.1, 0.15) is 40.5 Å². The van der Waals surface area contributed by atoms with E-state index in [2.05, 4.69) is 4.18 Å². The summed E-state index contributed by atoms with van der Waals surface area (Å²) >= 11 is 0. The fourth-order valence-electron chi connectivity index (χ4n) is 2.48. The van der Waals surface area contributed by atoms with Crippen molar-refractivity contribution in [3.05, 3.63) is 0 Å². The van der Waals surface area contributed by atoms with E-state index < -0.39 is 27.6 Å². The largest absolute Gasteiger partial charge is 0.457 e. The Kier molecular flexibility index (Phi) is 3.98. The molecule has 0 aromatic carbocycles. The molecule has 1 rings (SSSR count). The molecule has 18 heavy (non-hydrogen) atoms. The van der Waals surface area contributed by atoms with Crippen LogP contribution in [0.3, 0.4) is 0 Å². The lowest BCUT2D eigenvalue weighted by molar-refractivity contribution is -0.296. The van der Waals surface area contributed by atoms with E-state index in [1.807, 2.05) is 0 Å². The van der Waals surface area contributed by atoms with Crippen LogP contribution in [0.2, 0.25) is 0 Å². The SMILES string of the molecule is C#COS(=O)(=O)OC1CC(C)(C)N([O])C(C)(C)C1. The second-order valence-corrected chi connectivity index (χ2v) is 6.83. The Labute approximate surface area is 108 Å². The highest BCUT2D eigenvalue weighted by Crippen LogP contribution is 2.38. The summed E-state index contributed by atoms with van der Waals surface area (Å²) in [5.74, 6) is 0. The zero-order chi connectivity index (χ0) is 14.2. The molecule has 1 fully saturated rings. The van der Waals surface area contributed by atoms with E-state index in [-0.39, 0.29) is 12.8 Å². The third kappa shape index (κ3) is 3.36. The van der Waals surface area contributed by atoms with Gasteiger partial charge in [-0.3, -0.25) is 0 Å². The fourth-order valence-corrected chi connectivity index (χ4v) is 3.11. The monoisotopic (exact) mass is 276 g/mol. The van der Waals surface area contributed by atoms with E-state index in [0.29, 0.717) is 0 Å². The van der Waals surface area contributed by atoms with E-state index in [1.165, 1.54) is 0 Å². The molecule has 1 radical (unpaired) electrons. The smallest absolute Gasteiger partial charge is 0.307 e. The maximum atomic E-state index is 12.1. The predicted octanol–water partition coefficient (Wildman–Crippen LogP) is 1.22. The van der Waals surface area contributed by atoms with Crippen molar-refractivity contribution in [2.45, 2.75) is 57.7 Å². The van der Waals surface area contributed by atoms with Gasteiger partial charge in [-0.25, -0.2) is 4.18 Å². The van der Waals surface area contributed by atoms with Crippen LogP contribution in [0.5, 0.6) is 0 Å². The Morgan fingerprint density at radius 3 is 2.06 bits per heavy atom. The summed E-state index contributed by atoms with van der Waals surface area (Å²) in [6.45, 7) is 6.97. The van der Waals surface area contributed by atoms with Crippen LogP contribution in [0.15, 0.2) is 0 Å². The third-order valence-electron chi connectivity index (χ3n) is 2.96. The van der Waals surface area contributed by atoms with Crippen LogP contribution in [-0.4, -0.2) is 30.7 Å². The van der Waals surface area contributed by atoms with Gasteiger partial charge in [0.25, 0.3) is 0 Å². The molecule has 1 aliphatic rings.